The van der Waals surface area contributed by atoms with E-state index >= 15 is 0 Å². The second-order valence-corrected chi connectivity index (χ2v) is 21.4. The standard InChI is InChI=1S/C63H105NO18/c1-3-5-7-9-11-12-13-14-15-16-17-18-19-20-21-22-23-24-25-26-27-28-29-30-31-32-33-34-35-37-39-41-51(69)64-46(47(68)40-38-36-10-8-6-4-2)45-77-61-57(75)54(72)59(49(43-66)79-61)82-63-58(76)55(73)60(50(44-67)80-63)81-62-56(74)53(71)52(70)48(42-65)78-62/h5,7,11-12,14-15,17-18,20-21,23-24,26-27,38,40,46-50,52-63,65-68,70-76H,3-4,6,8-10,13,16,19,22,25,28-37,39,41-45H2,1-2H3,(H,64,69)/b7-5-,12-11-,15-14-,18-17-,21-20-,24-23-,27-26-,40-38+. The molecule has 0 bridgehead atoms. The molecule has 0 aliphatic carbocycles. The summed E-state index contributed by atoms with van der Waals surface area (Å²) in [6.45, 7) is 1.47. The number of carbonyl (C=O) groups excluding carboxylic acids is 1. The second kappa shape index (κ2) is 45.1. The molecule has 19 heteroatoms. The summed E-state index contributed by atoms with van der Waals surface area (Å²) in [4.78, 5) is 13.2. The van der Waals surface area contributed by atoms with Crippen LogP contribution < -0.4 is 5.32 Å². The van der Waals surface area contributed by atoms with E-state index in [1.165, 1.54) is 25.7 Å². The molecular formula is C63H105NO18. The average molecular weight is 1160 g/mol. The molecule has 0 aromatic carbocycles. The normalized spacial score (nSPS) is 30.3. The van der Waals surface area contributed by atoms with E-state index in [0.29, 0.717) is 6.42 Å². The van der Waals surface area contributed by atoms with Gasteiger partial charge in [0.1, 0.15) is 73.2 Å². The fraction of sp³-hybridized carbons (Fsp3) is 0.730. The zero-order valence-corrected chi connectivity index (χ0v) is 48.9. The number of hydrogen-bond donors (Lipinski definition) is 12. The molecule has 3 rings (SSSR count). The molecule has 3 fully saturated rings. The number of nitrogens with one attached hydrogen (secondary N) is 1. The van der Waals surface area contributed by atoms with Crippen LogP contribution in [0, 0.1) is 0 Å². The second-order valence-electron chi connectivity index (χ2n) is 21.4. The molecule has 3 aliphatic heterocycles. The fourth-order valence-corrected chi connectivity index (χ4v) is 9.64. The van der Waals surface area contributed by atoms with Gasteiger partial charge in [-0.2, -0.15) is 0 Å². The third-order valence-electron chi connectivity index (χ3n) is 14.6. The van der Waals surface area contributed by atoms with Crippen LogP contribution in [0.4, 0.5) is 0 Å². The lowest BCUT2D eigenvalue weighted by Gasteiger charge is -2.48. The van der Waals surface area contributed by atoms with E-state index in [9.17, 15) is 61.0 Å². The SMILES string of the molecule is CC/C=C\C/C=C\C/C=C\C/C=C\C/C=C\C/C=C\C/C=C\CCCCCCCCCCCC(=O)NC(COC1OC(CO)C(OC2OC(CO)C(OC3OC(CO)C(O)C(O)C3O)C(O)C2O)C(O)C1O)C(O)/C=C/CCCCCC. The minimum absolute atomic E-state index is 0.228. The van der Waals surface area contributed by atoms with E-state index in [0.717, 1.165) is 109 Å². The summed E-state index contributed by atoms with van der Waals surface area (Å²) >= 11 is 0. The smallest absolute Gasteiger partial charge is 0.220 e. The largest absolute Gasteiger partial charge is 0.394 e. The lowest BCUT2D eigenvalue weighted by atomic mass is 9.96. The monoisotopic (exact) mass is 1160 g/mol. The Morgan fingerprint density at radius 2 is 0.841 bits per heavy atom. The quantitative estimate of drug-likeness (QED) is 0.0255. The van der Waals surface area contributed by atoms with E-state index < -0.39 is 124 Å². The molecule has 0 aromatic rings. The molecule has 19 nitrogen and oxygen atoms in total. The van der Waals surface area contributed by atoms with Crippen molar-refractivity contribution in [1.82, 2.24) is 5.32 Å². The van der Waals surface area contributed by atoms with Gasteiger partial charge in [-0.15, -0.1) is 0 Å². The molecule has 12 N–H and O–H groups in total. The maximum absolute atomic E-state index is 13.2. The highest BCUT2D eigenvalue weighted by molar-refractivity contribution is 5.76. The van der Waals surface area contributed by atoms with Gasteiger partial charge < -0.3 is 89.9 Å². The van der Waals surface area contributed by atoms with Crippen molar-refractivity contribution in [2.75, 3.05) is 26.4 Å². The number of amides is 1. The molecule has 0 spiro atoms. The summed E-state index contributed by atoms with van der Waals surface area (Å²) in [7, 11) is 0. The predicted molar refractivity (Wildman–Crippen MR) is 314 cm³/mol. The summed E-state index contributed by atoms with van der Waals surface area (Å²) in [5, 5.41) is 120. The summed E-state index contributed by atoms with van der Waals surface area (Å²) in [6.07, 6.45) is 30.3. The van der Waals surface area contributed by atoms with Crippen molar-refractivity contribution in [2.24, 2.45) is 0 Å². The van der Waals surface area contributed by atoms with E-state index in [1.54, 1.807) is 6.08 Å². The van der Waals surface area contributed by atoms with Crippen molar-refractivity contribution >= 4 is 5.91 Å². The number of ether oxygens (including phenoxy) is 6. The van der Waals surface area contributed by atoms with Crippen LogP contribution in [0.3, 0.4) is 0 Å². The Hall–Kier alpha value is -3.29. The van der Waals surface area contributed by atoms with Crippen LogP contribution in [0.5, 0.6) is 0 Å². The average Bonchev–Trinajstić information content (AvgIpc) is 3.60. The number of aliphatic hydroxyl groups excluding tert-OH is 11. The van der Waals surface area contributed by atoms with Crippen molar-refractivity contribution < 1.29 is 89.4 Å². The Morgan fingerprint density at radius 1 is 0.451 bits per heavy atom. The van der Waals surface area contributed by atoms with Crippen LogP contribution in [0.1, 0.15) is 162 Å². The Balaban J connectivity index is 1.35. The lowest BCUT2D eigenvalue weighted by molar-refractivity contribution is -0.379. The van der Waals surface area contributed by atoms with Gasteiger partial charge in [0, 0.05) is 6.42 Å². The number of unbranched alkanes of at least 4 members (excludes halogenated alkanes) is 13. The van der Waals surface area contributed by atoms with Gasteiger partial charge in [0.15, 0.2) is 18.9 Å². The van der Waals surface area contributed by atoms with Gasteiger partial charge in [-0.1, -0.05) is 175 Å². The third kappa shape index (κ3) is 28.3. The number of aliphatic hydroxyl groups is 11. The molecule has 0 aromatic heterocycles. The zero-order chi connectivity index (χ0) is 59.7. The highest BCUT2D eigenvalue weighted by Gasteiger charge is 2.53. The van der Waals surface area contributed by atoms with Gasteiger partial charge in [-0.05, 0) is 77.0 Å². The minimum atomic E-state index is -1.98. The van der Waals surface area contributed by atoms with E-state index in [-0.39, 0.29) is 18.9 Å². The topological polar surface area (TPSA) is 307 Å². The third-order valence-corrected chi connectivity index (χ3v) is 14.6. The van der Waals surface area contributed by atoms with E-state index in [1.807, 2.05) is 6.08 Å². The van der Waals surface area contributed by atoms with Crippen LogP contribution in [0.2, 0.25) is 0 Å². The van der Waals surface area contributed by atoms with Crippen LogP contribution >= 0.6 is 0 Å². The molecule has 470 valence electrons. The molecule has 82 heavy (non-hydrogen) atoms. The van der Waals surface area contributed by atoms with Crippen LogP contribution in [0.15, 0.2) is 97.2 Å². The van der Waals surface area contributed by atoms with Crippen molar-refractivity contribution in [1.29, 1.82) is 0 Å². The number of carbonyl (C=O) groups is 1. The fourth-order valence-electron chi connectivity index (χ4n) is 9.64. The van der Waals surface area contributed by atoms with Gasteiger partial charge in [-0.3, -0.25) is 4.79 Å². The van der Waals surface area contributed by atoms with Crippen molar-refractivity contribution in [3.8, 4) is 0 Å². The number of rotatable bonds is 43. The molecule has 3 heterocycles. The number of hydrogen-bond acceptors (Lipinski definition) is 18. The van der Waals surface area contributed by atoms with Gasteiger partial charge in [0.25, 0.3) is 0 Å². The molecular weight excluding hydrogens is 1060 g/mol. The Morgan fingerprint density at radius 3 is 1.32 bits per heavy atom. The summed E-state index contributed by atoms with van der Waals surface area (Å²) in [5.41, 5.74) is 0. The van der Waals surface area contributed by atoms with Crippen LogP contribution in [-0.2, 0) is 33.2 Å². The maximum Gasteiger partial charge on any atom is 0.220 e. The summed E-state index contributed by atoms with van der Waals surface area (Å²) in [5.74, 6) is -0.294. The van der Waals surface area contributed by atoms with Crippen molar-refractivity contribution in [3.05, 3.63) is 97.2 Å². The van der Waals surface area contributed by atoms with Gasteiger partial charge in [0.2, 0.25) is 5.91 Å². The number of allylic oxidation sites excluding steroid dienone is 15. The molecule has 0 saturated carbocycles. The van der Waals surface area contributed by atoms with Crippen LogP contribution in [-0.4, -0.2) is 193 Å². The highest BCUT2D eigenvalue weighted by Crippen LogP contribution is 2.33. The Labute approximate surface area is 488 Å². The molecule has 17 unspecified atom stereocenters. The van der Waals surface area contributed by atoms with Gasteiger partial charge in [-0.25, -0.2) is 0 Å². The van der Waals surface area contributed by atoms with E-state index in [2.05, 4.69) is 104 Å². The Kier molecular flexibility index (Phi) is 40.1. The van der Waals surface area contributed by atoms with Gasteiger partial charge >= 0.3 is 0 Å². The molecule has 3 saturated heterocycles. The minimum Gasteiger partial charge on any atom is -0.394 e. The van der Waals surface area contributed by atoms with Gasteiger partial charge in [0.05, 0.1) is 38.6 Å². The zero-order valence-electron chi connectivity index (χ0n) is 48.9. The van der Waals surface area contributed by atoms with Crippen molar-refractivity contribution in [2.45, 2.75) is 266 Å². The summed E-state index contributed by atoms with van der Waals surface area (Å²) in [6, 6.07) is -0.979. The van der Waals surface area contributed by atoms with E-state index in [4.69, 9.17) is 28.4 Å². The highest BCUT2D eigenvalue weighted by atomic mass is 16.8. The molecule has 3 aliphatic rings. The first-order chi connectivity index (χ1) is 39.8. The van der Waals surface area contributed by atoms with Crippen molar-refractivity contribution in [3.63, 3.8) is 0 Å². The molecule has 0 radical (unpaired) electrons. The predicted octanol–water partition coefficient (Wildman–Crippen LogP) is 5.76. The molecule has 17 atom stereocenters. The molecule has 1 amide bonds. The summed E-state index contributed by atoms with van der Waals surface area (Å²) < 4.78 is 34.1. The Bertz CT molecular complexity index is 1870. The first-order valence-corrected chi connectivity index (χ1v) is 30.5. The van der Waals surface area contributed by atoms with Crippen LogP contribution in [0.25, 0.3) is 0 Å². The maximum atomic E-state index is 13.2. The lowest BCUT2D eigenvalue weighted by Crippen LogP contribution is -2.66. The first-order valence-electron chi connectivity index (χ1n) is 30.5. The first kappa shape index (κ1) is 73.0.